The Kier molecular flexibility index (Phi) is 3.38. The van der Waals surface area contributed by atoms with Crippen molar-refractivity contribution in [2.24, 2.45) is 0 Å². The predicted octanol–water partition coefficient (Wildman–Crippen LogP) is 2.41. The minimum Gasteiger partial charge on any atom is -0.496 e. The summed E-state index contributed by atoms with van der Waals surface area (Å²) in [5, 5.41) is 9.65. The monoisotopic (exact) mass is 234 g/mol. The van der Waals surface area contributed by atoms with Gasteiger partial charge in [0.15, 0.2) is 0 Å². The average molecular weight is 234 g/mol. The maximum Gasteiger partial charge on any atom is 0.126 e. The van der Waals surface area contributed by atoms with E-state index in [1.807, 2.05) is 18.2 Å². The number of hydrogen-bond donors (Lipinski definition) is 1. The number of ether oxygens (including phenoxy) is 2. The molecule has 0 unspecified atom stereocenters. The topological polar surface area (TPSA) is 38.7 Å². The van der Waals surface area contributed by atoms with Crippen LogP contribution in [0.3, 0.4) is 0 Å². The van der Waals surface area contributed by atoms with Crippen molar-refractivity contribution in [3.63, 3.8) is 0 Å². The fourth-order valence-electron chi connectivity index (χ4n) is 2.26. The van der Waals surface area contributed by atoms with E-state index in [1.165, 1.54) is 0 Å². The summed E-state index contributed by atoms with van der Waals surface area (Å²) in [7, 11) is 3.34. The van der Waals surface area contributed by atoms with Crippen molar-refractivity contribution in [1.29, 1.82) is 0 Å². The summed E-state index contributed by atoms with van der Waals surface area (Å²) in [5.74, 6) is 1.72. The summed E-state index contributed by atoms with van der Waals surface area (Å²) in [4.78, 5) is 0. The van der Waals surface area contributed by atoms with Crippen LogP contribution in [0.25, 0.3) is 6.08 Å². The third-order valence-electron chi connectivity index (χ3n) is 3.24. The minimum absolute atomic E-state index is 0.404. The predicted molar refractivity (Wildman–Crippen MR) is 67.5 cm³/mol. The first-order chi connectivity index (χ1) is 8.17. The maximum absolute atomic E-state index is 9.65. The van der Waals surface area contributed by atoms with Gasteiger partial charge in [-0.15, -0.1) is 0 Å². The van der Waals surface area contributed by atoms with Gasteiger partial charge in [0.2, 0.25) is 0 Å². The van der Waals surface area contributed by atoms with Crippen LogP contribution in [0.2, 0.25) is 0 Å². The maximum atomic E-state index is 9.65. The van der Waals surface area contributed by atoms with Gasteiger partial charge in [0.25, 0.3) is 0 Å². The molecule has 1 N–H and O–H groups in total. The number of benzene rings is 1. The zero-order valence-corrected chi connectivity index (χ0v) is 10.5. The van der Waals surface area contributed by atoms with Gasteiger partial charge in [-0.3, -0.25) is 0 Å². The van der Waals surface area contributed by atoms with Crippen LogP contribution < -0.4 is 9.47 Å². The lowest BCUT2D eigenvalue weighted by Gasteiger charge is -2.22. The summed E-state index contributed by atoms with van der Waals surface area (Å²) in [5.41, 5.74) is 3.24. The molecule has 0 aliphatic heterocycles. The highest BCUT2D eigenvalue weighted by Crippen LogP contribution is 2.37. The molecular weight excluding hydrogens is 216 g/mol. The molecule has 1 aromatic rings. The van der Waals surface area contributed by atoms with Crippen LogP contribution in [0.4, 0.5) is 0 Å². The quantitative estimate of drug-likeness (QED) is 0.873. The Labute approximate surface area is 102 Å². The van der Waals surface area contributed by atoms with Crippen LogP contribution in [0.1, 0.15) is 24.5 Å². The molecule has 1 aromatic carbocycles. The Balaban J connectivity index is 2.54. The first-order valence-corrected chi connectivity index (χ1v) is 5.79. The van der Waals surface area contributed by atoms with E-state index >= 15 is 0 Å². The second-order valence-corrected chi connectivity index (χ2v) is 4.26. The lowest BCUT2D eigenvalue weighted by molar-refractivity contribution is 0.227. The van der Waals surface area contributed by atoms with Crippen molar-refractivity contribution in [2.45, 2.75) is 25.9 Å². The molecule has 0 fully saturated rings. The van der Waals surface area contributed by atoms with Crippen LogP contribution in [0.5, 0.6) is 11.5 Å². The van der Waals surface area contributed by atoms with Crippen molar-refractivity contribution in [1.82, 2.24) is 0 Å². The Bertz CT molecular complexity index is 447. The molecule has 0 aromatic heterocycles. The highest BCUT2D eigenvalue weighted by atomic mass is 16.5. The lowest BCUT2D eigenvalue weighted by atomic mass is 9.89. The molecule has 0 saturated carbocycles. The first-order valence-electron chi connectivity index (χ1n) is 5.79. The summed E-state index contributed by atoms with van der Waals surface area (Å²) >= 11 is 0. The van der Waals surface area contributed by atoms with Crippen molar-refractivity contribution < 1.29 is 14.6 Å². The molecule has 2 rings (SSSR count). The van der Waals surface area contributed by atoms with Crippen LogP contribution in [0.15, 0.2) is 17.7 Å². The molecular formula is C14H18O3. The second kappa shape index (κ2) is 4.80. The van der Waals surface area contributed by atoms with Gasteiger partial charge in [0.05, 0.1) is 20.3 Å². The molecule has 0 bridgehead atoms. The first kappa shape index (κ1) is 12.0. The molecule has 0 amide bonds. The van der Waals surface area contributed by atoms with Crippen LogP contribution in [-0.4, -0.2) is 25.4 Å². The standard InChI is InChI=1S/C14H18O3/c1-9(15)10-4-5-11-12(8-10)14(17-3)7-6-13(11)16-2/h6-9,15H,4-5H2,1-3H3/t9-/m0/s1. The van der Waals surface area contributed by atoms with Crippen LogP contribution >= 0.6 is 0 Å². The van der Waals surface area contributed by atoms with Crippen LogP contribution in [-0.2, 0) is 6.42 Å². The van der Waals surface area contributed by atoms with Crippen molar-refractivity contribution in [2.75, 3.05) is 14.2 Å². The molecule has 0 heterocycles. The van der Waals surface area contributed by atoms with Gasteiger partial charge in [-0.1, -0.05) is 0 Å². The number of aliphatic hydroxyl groups is 1. The van der Waals surface area contributed by atoms with Gasteiger partial charge < -0.3 is 14.6 Å². The Morgan fingerprint density at radius 3 is 2.35 bits per heavy atom. The third kappa shape index (κ3) is 2.15. The van der Waals surface area contributed by atoms with E-state index < -0.39 is 6.10 Å². The SMILES string of the molecule is COc1ccc(OC)c2c1C=C([C@H](C)O)CC2. The summed E-state index contributed by atoms with van der Waals surface area (Å²) < 4.78 is 10.7. The zero-order valence-electron chi connectivity index (χ0n) is 10.5. The van der Waals surface area contributed by atoms with Crippen molar-refractivity contribution in [3.05, 3.63) is 28.8 Å². The molecule has 0 radical (unpaired) electrons. The van der Waals surface area contributed by atoms with Gasteiger partial charge in [0.1, 0.15) is 11.5 Å². The fourth-order valence-corrected chi connectivity index (χ4v) is 2.26. The number of rotatable bonds is 3. The third-order valence-corrected chi connectivity index (χ3v) is 3.24. The van der Waals surface area contributed by atoms with Gasteiger partial charge in [-0.05, 0) is 43.5 Å². The highest BCUT2D eigenvalue weighted by molar-refractivity contribution is 5.69. The van der Waals surface area contributed by atoms with E-state index in [2.05, 4.69) is 0 Å². The molecule has 1 aliphatic carbocycles. The Morgan fingerprint density at radius 2 is 1.76 bits per heavy atom. The van der Waals surface area contributed by atoms with Crippen LogP contribution in [0, 0.1) is 0 Å². The minimum atomic E-state index is -0.404. The Hall–Kier alpha value is -1.48. The molecule has 1 aliphatic rings. The van der Waals surface area contributed by atoms with Crippen molar-refractivity contribution >= 4 is 6.08 Å². The van der Waals surface area contributed by atoms with E-state index in [0.717, 1.165) is 41.0 Å². The van der Waals surface area contributed by atoms with Gasteiger partial charge in [-0.2, -0.15) is 0 Å². The van der Waals surface area contributed by atoms with E-state index in [9.17, 15) is 5.11 Å². The average Bonchev–Trinajstić information content (AvgIpc) is 2.36. The Morgan fingerprint density at radius 1 is 1.12 bits per heavy atom. The van der Waals surface area contributed by atoms with E-state index in [1.54, 1.807) is 21.1 Å². The van der Waals surface area contributed by atoms with Gasteiger partial charge >= 0.3 is 0 Å². The molecule has 0 saturated heterocycles. The van der Waals surface area contributed by atoms with Gasteiger partial charge in [-0.25, -0.2) is 0 Å². The largest absolute Gasteiger partial charge is 0.496 e. The number of hydrogen-bond acceptors (Lipinski definition) is 3. The molecule has 3 nitrogen and oxygen atoms in total. The van der Waals surface area contributed by atoms with E-state index in [4.69, 9.17) is 9.47 Å². The highest BCUT2D eigenvalue weighted by Gasteiger charge is 2.20. The molecule has 3 heteroatoms. The second-order valence-electron chi connectivity index (χ2n) is 4.26. The number of methoxy groups -OCH3 is 2. The molecule has 1 atom stereocenters. The zero-order chi connectivity index (χ0) is 12.4. The van der Waals surface area contributed by atoms with Crippen molar-refractivity contribution in [3.8, 4) is 11.5 Å². The molecule has 17 heavy (non-hydrogen) atoms. The normalized spacial score (nSPS) is 15.9. The summed E-state index contributed by atoms with van der Waals surface area (Å²) in [6.07, 6.45) is 3.37. The number of fused-ring (bicyclic) bond motifs is 1. The summed E-state index contributed by atoms with van der Waals surface area (Å²) in [6.45, 7) is 1.80. The lowest BCUT2D eigenvalue weighted by Crippen LogP contribution is -2.11. The smallest absolute Gasteiger partial charge is 0.126 e. The van der Waals surface area contributed by atoms with E-state index in [-0.39, 0.29) is 0 Å². The summed E-state index contributed by atoms with van der Waals surface area (Å²) in [6, 6.07) is 3.83. The van der Waals surface area contributed by atoms with Gasteiger partial charge in [0, 0.05) is 11.1 Å². The molecule has 0 spiro atoms. The fraction of sp³-hybridized carbons (Fsp3) is 0.429. The van der Waals surface area contributed by atoms with E-state index in [0.29, 0.717) is 0 Å². The molecule has 92 valence electrons. The number of aliphatic hydroxyl groups excluding tert-OH is 1.